The molecular formula is C23H26N6O2. The normalized spacial score (nSPS) is 17.0. The van der Waals surface area contributed by atoms with Crippen LogP contribution in [0.5, 0.6) is 5.75 Å². The summed E-state index contributed by atoms with van der Waals surface area (Å²) < 4.78 is 4.11. The summed E-state index contributed by atoms with van der Waals surface area (Å²) in [5.41, 5.74) is 10.1. The van der Waals surface area contributed by atoms with Crippen LogP contribution in [-0.2, 0) is 13.6 Å². The highest BCUT2D eigenvalue weighted by molar-refractivity contribution is 5.98. The Labute approximate surface area is 179 Å². The molecule has 3 aromatic heterocycles. The molecule has 1 amide bonds. The maximum atomic E-state index is 13.0. The summed E-state index contributed by atoms with van der Waals surface area (Å²) in [6.07, 6.45) is 3.36. The minimum Gasteiger partial charge on any atom is -0.506 e. The molecule has 1 saturated heterocycles. The van der Waals surface area contributed by atoms with E-state index in [-0.39, 0.29) is 17.7 Å². The molecule has 1 aromatic carbocycles. The van der Waals surface area contributed by atoms with Gasteiger partial charge in [0.2, 0.25) is 0 Å². The number of rotatable bonds is 3. The van der Waals surface area contributed by atoms with Gasteiger partial charge in [0.1, 0.15) is 11.4 Å². The molecular weight excluding hydrogens is 392 g/mol. The summed E-state index contributed by atoms with van der Waals surface area (Å²) in [5.74, 6) is 0.934. The average Bonchev–Trinajstić information content (AvgIpc) is 3.29. The molecule has 0 radical (unpaired) electrons. The van der Waals surface area contributed by atoms with Crippen molar-refractivity contribution in [2.45, 2.75) is 32.4 Å². The van der Waals surface area contributed by atoms with Gasteiger partial charge in [0.05, 0.1) is 22.9 Å². The van der Waals surface area contributed by atoms with Gasteiger partial charge in [-0.2, -0.15) is 0 Å². The van der Waals surface area contributed by atoms with Crippen molar-refractivity contribution in [3.05, 3.63) is 42.1 Å². The molecule has 0 saturated carbocycles. The summed E-state index contributed by atoms with van der Waals surface area (Å²) >= 11 is 0. The van der Waals surface area contributed by atoms with Crippen LogP contribution in [0.4, 0.5) is 0 Å². The van der Waals surface area contributed by atoms with Crippen LogP contribution in [0.25, 0.3) is 33.6 Å². The molecule has 0 aliphatic carbocycles. The van der Waals surface area contributed by atoms with Crippen molar-refractivity contribution in [3.63, 3.8) is 0 Å². The molecule has 4 heterocycles. The average molecular weight is 419 g/mol. The van der Waals surface area contributed by atoms with E-state index in [1.165, 1.54) is 6.20 Å². The Morgan fingerprint density at radius 2 is 2.13 bits per heavy atom. The van der Waals surface area contributed by atoms with Crippen LogP contribution in [0, 0.1) is 0 Å². The van der Waals surface area contributed by atoms with Gasteiger partial charge in [0.25, 0.3) is 5.91 Å². The lowest BCUT2D eigenvalue weighted by Gasteiger charge is -2.30. The van der Waals surface area contributed by atoms with Gasteiger partial charge >= 0.3 is 0 Å². The zero-order valence-corrected chi connectivity index (χ0v) is 17.7. The Morgan fingerprint density at radius 3 is 2.90 bits per heavy atom. The smallest absolute Gasteiger partial charge is 0.253 e. The number of amides is 1. The summed E-state index contributed by atoms with van der Waals surface area (Å²) in [5, 5.41) is 10.7. The first-order valence-corrected chi connectivity index (χ1v) is 10.7. The fraction of sp³-hybridized carbons (Fsp3) is 0.348. The molecule has 1 atom stereocenters. The number of fused-ring (bicyclic) bond motifs is 2. The minimum atomic E-state index is 0.00611. The Kier molecular flexibility index (Phi) is 4.66. The number of nitrogens with two attached hydrogens (primary N) is 1. The predicted octanol–water partition coefficient (Wildman–Crippen LogP) is 2.88. The molecule has 8 nitrogen and oxygen atoms in total. The minimum absolute atomic E-state index is 0.00611. The van der Waals surface area contributed by atoms with Crippen molar-refractivity contribution in [3.8, 4) is 17.3 Å². The number of carbonyl (C=O) groups excluding carboxylic acids is 1. The lowest BCUT2D eigenvalue weighted by Crippen LogP contribution is -2.45. The lowest BCUT2D eigenvalue weighted by molar-refractivity contribution is 0.0709. The highest BCUT2D eigenvalue weighted by Crippen LogP contribution is 2.31. The number of aromatic nitrogens is 4. The number of imidazole rings is 1. The first-order chi connectivity index (χ1) is 15.0. The lowest BCUT2D eigenvalue weighted by atomic mass is 10.1. The third kappa shape index (κ3) is 3.23. The van der Waals surface area contributed by atoms with E-state index in [1.54, 1.807) is 6.07 Å². The van der Waals surface area contributed by atoms with Gasteiger partial charge < -0.3 is 24.9 Å². The van der Waals surface area contributed by atoms with Crippen LogP contribution in [-0.4, -0.2) is 54.1 Å². The number of nitrogens with zero attached hydrogens (tertiary/aromatic N) is 5. The molecule has 0 spiro atoms. The number of piperidine rings is 1. The highest BCUT2D eigenvalue weighted by Gasteiger charge is 2.23. The summed E-state index contributed by atoms with van der Waals surface area (Å²) in [6.45, 7) is 4.12. The third-order valence-electron chi connectivity index (χ3n) is 6.14. The second kappa shape index (κ2) is 7.39. The zero-order valence-electron chi connectivity index (χ0n) is 17.7. The topological polar surface area (TPSA) is 102 Å². The second-order valence-corrected chi connectivity index (χ2v) is 8.23. The van der Waals surface area contributed by atoms with Gasteiger partial charge in [-0.3, -0.25) is 4.79 Å². The number of carbonyl (C=O) groups is 1. The van der Waals surface area contributed by atoms with Crippen molar-refractivity contribution in [1.82, 2.24) is 24.0 Å². The SMILES string of the molecule is CCn1c(-c2nc3cc(C(=O)N4CCC[C@@H](N)C4)ccc3n2C)cc2cc(O)cnc21. The number of benzene rings is 1. The van der Waals surface area contributed by atoms with Crippen LogP contribution >= 0.6 is 0 Å². The number of hydrogen-bond donors (Lipinski definition) is 2. The van der Waals surface area contributed by atoms with Crippen molar-refractivity contribution in [2.75, 3.05) is 13.1 Å². The molecule has 4 aromatic rings. The van der Waals surface area contributed by atoms with Gasteiger partial charge in [-0.25, -0.2) is 9.97 Å². The number of likely N-dealkylation sites (tertiary alicyclic amines) is 1. The molecule has 0 bridgehead atoms. The predicted molar refractivity (Wildman–Crippen MR) is 120 cm³/mol. The first-order valence-electron chi connectivity index (χ1n) is 10.7. The molecule has 31 heavy (non-hydrogen) atoms. The maximum Gasteiger partial charge on any atom is 0.253 e. The fourth-order valence-electron chi connectivity index (χ4n) is 4.58. The van der Waals surface area contributed by atoms with Gasteiger partial charge in [-0.05, 0) is 50.1 Å². The summed E-state index contributed by atoms with van der Waals surface area (Å²) in [7, 11) is 1.97. The van der Waals surface area contributed by atoms with E-state index in [0.717, 1.165) is 59.5 Å². The monoisotopic (exact) mass is 418 g/mol. The van der Waals surface area contributed by atoms with E-state index in [4.69, 9.17) is 10.7 Å². The number of aromatic hydroxyl groups is 1. The fourth-order valence-corrected chi connectivity index (χ4v) is 4.58. The molecule has 160 valence electrons. The van der Waals surface area contributed by atoms with Crippen molar-refractivity contribution in [2.24, 2.45) is 12.8 Å². The van der Waals surface area contributed by atoms with Crippen molar-refractivity contribution < 1.29 is 9.90 Å². The Bertz CT molecular complexity index is 1300. The van der Waals surface area contributed by atoms with Crippen molar-refractivity contribution in [1.29, 1.82) is 0 Å². The number of pyridine rings is 1. The number of hydrogen-bond acceptors (Lipinski definition) is 5. The third-order valence-corrected chi connectivity index (χ3v) is 6.14. The molecule has 5 rings (SSSR count). The molecule has 3 N–H and O–H groups in total. The van der Waals surface area contributed by atoms with Crippen LogP contribution in [0.2, 0.25) is 0 Å². The van der Waals surface area contributed by atoms with Gasteiger partial charge in [0.15, 0.2) is 5.82 Å². The Hall–Kier alpha value is -3.39. The summed E-state index contributed by atoms with van der Waals surface area (Å²) in [4.78, 5) is 24.1. The molecule has 1 fully saturated rings. The van der Waals surface area contributed by atoms with E-state index in [0.29, 0.717) is 12.1 Å². The first kappa shape index (κ1) is 19.6. The van der Waals surface area contributed by atoms with Crippen molar-refractivity contribution >= 4 is 28.0 Å². The van der Waals surface area contributed by atoms with Crippen LogP contribution in [0.3, 0.4) is 0 Å². The van der Waals surface area contributed by atoms with E-state index in [2.05, 4.69) is 16.5 Å². The van der Waals surface area contributed by atoms with E-state index < -0.39 is 0 Å². The molecule has 0 unspecified atom stereocenters. The van der Waals surface area contributed by atoms with Gasteiger partial charge in [-0.15, -0.1) is 0 Å². The Morgan fingerprint density at radius 1 is 1.29 bits per heavy atom. The Balaban J connectivity index is 1.58. The largest absolute Gasteiger partial charge is 0.506 e. The molecule has 1 aliphatic rings. The maximum absolute atomic E-state index is 13.0. The number of aryl methyl sites for hydroxylation is 2. The van der Waals surface area contributed by atoms with E-state index in [1.807, 2.05) is 40.8 Å². The van der Waals surface area contributed by atoms with E-state index >= 15 is 0 Å². The standard InChI is InChI=1S/C23H26N6O2/c1-3-29-20(11-15-9-17(30)12-25-21(15)29)22-26-18-10-14(6-7-19(18)27(22)2)23(31)28-8-4-5-16(24)13-28/h6-7,9-12,16,30H,3-5,8,13,24H2,1-2H3/t16-/m1/s1. The van der Waals surface area contributed by atoms with Gasteiger partial charge in [0, 0.05) is 43.7 Å². The van der Waals surface area contributed by atoms with Crippen LogP contribution in [0.15, 0.2) is 36.5 Å². The molecule has 8 heteroatoms. The van der Waals surface area contributed by atoms with Crippen LogP contribution in [0.1, 0.15) is 30.1 Å². The summed E-state index contributed by atoms with van der Waals surface area (Å²) in [6, 6.07) is 9.43. The zero-order chi connectivity index (χ0) is 21.7. The van der Waals surface area contributed by atoms with Gasteiger partial charge in [-0.1, -0.05) is 0 Å². The highest BCUT2D eigenvalue weighted by atomic mass is 16.3. The quantitative estimate of drug-likeness (QED) is 0.533. The van der Waals surface area contributed by atoms with Crippen LogP contribution < -0.4 is 5.73 Å². The van der Waals surface area contributed by atoms with E-state index in [9.17, 15) is 9.90 Å². The molecule has 1 aliphatic heterocycles. The second-order valence-electron chi connectivity index (χ2n) is 8.23.